The molecule has 0 aliphatic rings. The van der Waals surface area contributed by atoms with Crippen LogP contribution < -0.4 is 25.3 Å². The van der Waals surface area contributed by atoms with Gasteiger partial charge in [0, 0.05) is 11.8 Å². The molecule has 24 heavy (non-hydrogen) atoms. The number of benzene rings is 1. The van der Waals surface area contributed by atoms with Gasteiger partial charge in [0.25, 0.3) is 0 Å². The van der Waals surface area contributed by atoms with Gasteiger partial charge in [0.2, 0.25) is 11.7 Å². The maximum atomic E-state index is 11.3. The summed E-state index contributed by atoms with van der Waals surface area (Å²) in [4.78, 5) is 15.5. The summed E-state index contributed by atoms with van der Waals surface area (Å²) in [7, 11) is 4.69. The van der Waals surface area contributed by atoms with Gasteiger partial charge in [0.05, 0.1) is 27.4 Å². The molecular formula is C17H21N3O4. The van der Waals surface area contributed by atoms with Gasteiger partial charge in [-0.3, -0.25) is 4.79 Å². The van der Waals surface area contributed by atoms with Crippen LogP contribution in [0.1, 0.15) is 28.9 Å². The maximum absolute atomic E-state index is 11.3. The lowest BCUT2D eigenvalue weighted by Crippen LogP contribution is -2.13. The van der Waals surface area contributed by atoms with Gasteiger partial charge in [-0.25, -0.2) is 4.98 Å². The first kappa shape index (κ1) is 17.4. The van der Waals surface area contributed by atoms with Crippen molar-refractivity contribution in [3.05, 3.63) is 41.6 Å². The third-order valence-corrected chi connectivity index (χ3v) is 3.60. The zero-order valence-corrected chi connectivity index (χ0v) is 14.1. The largest absolute Gasteiger partial charge is 0.493 e. The van der Waals surface area contributed by atoms with Crippen molar-refractivity contribution in [3.63, 3.8) is 0 Å². The summed E-state index contributed by atoms with van der Waals surface area (Å²) in [6.45, 7) is 1.96. The molecule has 1 amide bonds. The van der Waals surface area contributed by atoms with E-state index in [0.717, 1.165) is 5.56 Å². The van der Waals surface area contributed by atoms with E-state index in [1.807, 2.05) is 19.1 Å². The van der Waals surface area contributed by atoms with E-state index in [1.165, 1.54) is 6.20 Å². The molecule has 1 heterocycles. The quantitative estimate of drug-likeness (QED) is 0.809. The summed E-state index contributed by atoms with van der Waals surface area (Å²) < 4.78 is 16.0. The number of carbonyl (C=O) groups is 1. The number of rotatable bonds is 7. The molecule has 0 bridgehead atoms. The average molecular weight is 331 g/mol. The molecule has 7 heteroatoms. The van der Waals surface area contributed by atoms with E-state index in [0.29, 0.717) is 28.6 Å². The smallest absolute Gasteiger partial charge is 0.248 e. The average Bonchev–Trinajstić information content (AvgIpc) is 2.60. The number of ether oxygens (including phenoxy) is 3. The van der Waals surface area contributed by atoms with E-state index < -0.39 is 5.91 Å². The SMILES string of the molecule is COc1cc([C@H](C)Nc2cc(C(N)=O)ccn2)cc(OC)c1OC. The van der Waals surface area contributed by atoms with Crippen molar-refractivity contribution in [3.8, 4) is 17.2 Å². The Labute approximate surface area is 140 Å². The van der Waals surface area contributed by atoms with E-state index in [-0.39, 0.29) is 6.04 Å². The molecule has 3 N–H and O–H groups in total. The standard InChI is InChI=1S/C17H21N3O4/c1-10(20-15-9-11(17(18)21)5-6-19-15)12-7-13(22-2)16(24-4)14(8-12)23-3/h5-10H,1-4H3,(H2,18,21)(H,19,20)/t10-/m0/s1. The second-order valence-electron chi connectivity index (χ2n) is 5.12. The van der Waals surface area contributed by atoms with Crippen LogP contribution in [0.15, 0.2) is 30.5 Å². The number of hydrogen-bond acceptors (Lipinski definition) is 6. The first-order valence-electron chi connectivity index (χ1n) is 7.32. The lowest BCUT2D eigenvalue weighted by Gasteiger charge is -2.19. The van der Waals surface area contributed by atoms with Crippen LogP contribution in [0.25, 0.3) is 0 Å². The van der Waals surface area contributed by atoms with Crippen molar-refractivity contribution < 1.29 is 19.0 Å². The Kier molecular flexibility index (Phi) is 5.47. The third kappa shape index (κ3) is 3.68. The summed E-state index contributed by atoms with van der Waals surface area (Å²) >= 11 is 0. The van der Waals surface area contributed by atoms with Crippen LogP contribution in [-0.2, 0) is 0 Å². The van der Waals surface area contributed by atoms with Gasteiger partial charge in [0.1, 0.15) is 5.82 Å². The fraction of sp³-hybridized carbons (Fsp3) is 0.294. The van der Waals surface area contributed by atoms with Crippen molar-refractivity contribution in [1.29, 1.82) is 0 Å². The minimum Gasteiger partial charge on any atom is -0.493 e. The van der Waals surface area contributed by atoms with Crippen molar-refractivity contribution in [2.45, 2.75) is 13.0 Å². The van der Waals surface area contributed by atoms with Crippen molar-refractivity contribution in [1.82, 2.24) is 4.98 Å². The Hall–Kier alpha value is -2.96. The number of aromatic nitrogens is 1. The molecule has 1 atom stereocenters. The Balaban J connectivity index is 2.31. The number of primary amides is 1. The molecule has 0 radical (unpaired) electrons. The van der Waals surface area contributed by atoms with E-state index in [2.05, 4.69) is 10.3 Å². The number of nitrogens with zero attached hydrogens (tertiary/aromatic N) is 1. The minimum absolute atomic E-state index is 0.116. The topological polar surface area (TPSA) is 95.7 Å². The summed E-state index contributed by atoms with van der Waals surface area (Å²) in [5, 5.41) is 3.22. The van der Waals surface area contributed by atoms with Crippen molar-refractivity contribution >= 4 is 11.7 Å². The van der Waals surface area contributed by atoms with E-state index in [4.69, 9.17) is 19.9 Å². The van der Waals surface area contributed by atoms with Gasteiger partial charge in [-0.15, -0.1) is 0 Å². The van der Waals surface area contributed by atoms with Crippen LogP contribution >= 0.6 is 0 Å². The minimum atomic E-state index is -0.499. The molecule has 0 saturated heterocycles. The number of hydrogen-bond donors (Lipinski definition) is 2. The Morgan fingerprint density at radius 3 is 2.25 bits per heavy atom. The summed E-state index contributed by atoms with van der Waals surface area (Å²) in [6, 6.07) is 6.77. The number of nitrogens with one attached hydrogen (secondary N) is 1. The second kappa shape index (κ2) is 7.54. The summed E-state index contributed by atoms with van der Waals surface area (Å²) in [5.74, 6) is 1.72. The Morgan fingerprint density at radius 2 is 1.75 bits per heavy atom. The van der Waals surface area contributed by atoms with E-state index in [9.17, 15) is 4.79 Å². The number of amides is 1. The predicted octanol–water partition coefficient (Wildman–Crippen LogP) is 2.38. The van der Waals surface area contributed by atoms with Crippen LogP contribution in [0.2, 0.25) is 0 Å². The molecule has 0 saturated carbocycles. The monoisotopic (exact) mass is 331 g/mol. The highest BCUT2D eigenvalue weighted by molar-refractivity contribution is 5.93. The molecule has 7 nitrogen and oxygen atoms in total. The molecule has 2 rings (SSSR count). The van der Waals surface area contributed by atoms with Crippen LogP contribution in [0.5, 0.6) is 17.2 Å². The second-order valence-corrected chi connectivity index (χ2v) is 5.12. The highest BCUT2D eigenvalue weighted by Gasteiger charge is 2.16. The highest BCUT2D eigenvalue weighted by Crippen LogP contribution is 2.40. The number of nitrogens with two attached hydrogens (primary N) is 1. The molecule has 0 aliphatic heterocycles. The lowest BCUT2D eigenvalue weighted by atomic mass is 10.1. The highest BCUT2D eigenvalue weighted by atomic mass is 16.5. The number of pyridine rings is 1. The third-order valence-electron chi connectivity index (χ3n) is 3.60. The van der Waals surface area contributed by atoms with Crippen LogP contribution in [0, 0.1) is 0 Å². The van der Waals surface area contributed by atoms with Crippen LogP contribution in [0.3, 0.4) is 0 Å². The molecule has 0 unspecified atom stereocenters. The van der Waals surface area contributed by atoms with E-state index in [1.54, 1.807) is 33.5 Å². The lowest BCUT2D eigenvalue weighted by molar-refractivity contribution is 0.1000. The van der Waals surface area contributed by atoms with Gasteiger partial charge in [0.15, 0.2) is 11.5 Å². The Bertz CT molecular complexity index is 709. The van der Waals surface area contributed by atoms with Gasteiger partial charge >= 0.3 is 0 Å². The van der Waals surface area contributed by atoms with Gasteiger partial charge in [-0.2, -0.15) is 0 Å². The number of anilines is 1. The molecule has 128 valence electrons. The van der Waals surface area contributed by atoms with Crippen molar-refractivity contribution in [2.75, 3.05) is 26.6 Å². The molecular weight excluding hydrogens is 310 g/mol. The number of methoxy groups -OCH3 is 3. The molecule has 0 aliphatic carbocycles. The van der Waals surface area contributed by atoms with Crippen LogP contribution in [-0.4, -0.2) is 32.2 Å². The van der Waals surface area contributed by atoms with Gasteiger partial charge in [-0.1, -0.05) is 0 Å². The first-order chi connectivity index (χ1) is 11.5. The van der Waals surface area contributed by atoms with Crippen molar-refractivity contribution in [2.24, 2.45) is 5.73 Å². The predicted molar refractivity (Wildman–Crippen MR) is 90.9 cm³/mol. The summed E-state index contributed by atoms with van der Waals surface area (Å²) in [5.41, 5.74) is 6.60. The number of carbonyl (C=O) groups excluding carboxylic acids is 1. The van der Waals surface area contributed by atoms with Crippen LogP contribution in [0.4, 0.5) is 5.82 Å². The normalized spacial score (nSPS) is 11.5. The van der Waals surface area contributed by atoms with E-state index >= 15 is 0 Å². The summed E-state index contributed by atoms with van der Waals surface area (Å²) in [6.07, 6.45) is 1.53. The van der Waals surface area contributed by atoms with Gasteiger partial charge in [-0.05, 0) is 36.8 Å². The molecule has 1 aromatic heterocycles. The fourth-order valence-corrected chi connectivity index (χ4v) is 2.32. The maximum Gasteiger partial charge on any atom is 0.248 e. The molecule has 1 aromatic carbocycles. The Morgan fingerprint density at radius 1 is 1.12 bits per heavy atom. The first-order valence-corrected chi connectivity index (χ1v) is 7.32. The molecule has 2 aromatic rings. The molecule has 0 fully saturated rings. The van der Waals surface area contributed by atoms with Gasteiger partial charge < -0.3 is 25.3 Å². The molecule has 0 spiro atoms. The fourth-order valence-electron chi connectivity index (χ4n) is 2.32. The zero-order chi connectivity index (χ0) is 17.7. The zero-order valence-electron chi connectivity index (χ0n) is 14.1.